The normalized spacial score (nSPS) is 12.4. The minimum atomic E-state index is -0.261. The van der Waals surface area contributed by atoms with Crippen LogP contribution in [0.15, 0.2) is 0 Å². The number of nitrogens with two attached hydrogens (primary N) is 2. The Bertz CT molecular complexity index is 180. The summed E-state index contributed by atoms with van der Waals surface area (Å²) < 4.78 is 0. The maximum atomic E-state index is 10.6. The molecule has 0 aromatic heterocycles. The van der Waals surface area contributed by atoms with Gasteiger partial charge in [0.05, 0.1) is 0 Å². The molecule has 1 atom stereocenters. The maximum Gasteiger partial charge on any atom is 0.220 e. The molecule has 0 fully saturated rings. The molecule has 4 N–H and O–H groups in total. The molecular formula is C9H18N2O2. The zero-order valence-corrected chi connectivity index (χ0v) is 8.08. The molecule has 0 aromatic carbocycles. The summed E-state index contributed by atoms with van der Waals surface area (Å²) in [6.45, 7) is 1.82. The highest BCUT2D eigenvalue weighted by atomic mass is 16.1. The third kappa shape index (κ3) is 7.31. The van der Waals surface area contributed by atoms with Gasteiger partial charge in [-0.1, -0.05) is 19.8 Å². The fraction of sp³-hybridized carbons (Fsp3) is 0.778. The van der Waals surface area contributed by atoms with Gasteiger partial charge < -0.3 is 11.5 Å². The highest BCUT2D eigenvalue weighted by Crippen LogP contribution is 2.09. The van der Waals surface area contributed by atoms with Crippen LogP contribution < -0.4 is 11.5 Å². The lowest BCUT2D eigenvalue weighted by atomic mass is 10.0. The molecule has 0 rings (SSSR count). The fourth-order valence-electron chi connectivity index (χ4n) is 1.07. The van der Waals surface area contributed by atoms with Crippen molar-refractivity contribution >= 4 is 11.8 Å². The van der Waals surface area contributed by atoms with Crippen molar-refractivity contribution in [2.75, 3.05) is 0 Å². The average Bonchev–Trinajstić information content (AvgIpc) is 2.02. The zero-order valence-electron chi connectivity index (χ0n) is 8.08. The SMILES string of the molecule is CC(CCCCCC(N)=O)C(N)=O. The Morgan fingerprint density at radius 3 is 2.23 bits per heavy atom. The summed E-state index contributed by atoms with van der Waals surface area (Å²) in [6.07, 6.45) is 3.90. The molecular weight excluding hydrogens is 168 g/mol. The van der Waals surface area contributed by atoms with Crippen molar-refractivity contribution in [3.8, 4) is 0 Å². The smallest absolute Gasteiger partial charge is 0.220 e. The molecule has 0 saturated heterocycles. The quantitative estimate of drug-likeness (QED) is 0.569. The third-order valence-electron chi connectivity index (χ3n) is 2.05. The van der Waals surface area contributed by atoms with E-state index in [1.165, 1.54) is 0 Å². The second-order valence-electron chi connectivity index (χ2n) is 3.37. The topological polar surface area (TPSA) is 86.2 Å². The van der Waals surface area contributed by atoms with Crippen LogP contribution in [0.4, 0.5) is 0 Å². The minimum Gasteiger partial charge on any atom is -0.370 e. The summed E-state index contributed by atoms with van der Waals surface area (Å²) in [6, 6.07) is 0. The van der Waals surface area contributed by atoms with Gasteiger partial charge >= 0.3 is 0 Å². The molecule has 0 radical (unpaired) electrons. The number of carbonyl (C=O) groups is 2. The van der Waals surface area contributed by atoms with E-state index < -0.39 is 0 Å². The molecule has 0 aliphatic heterocycles. The van der Waals surface area contributed by atoms with E-state index in [1.807, 2.05) is 6.92 Å². The average molecular weight is 186 g/mol. The van der Waals surface area contributed by atoms with Crippen molar-refractivity contribution in [2.45, 2.75) is 39.0 Å². The van der Waals surface area contributed by atoms with E-state index >= 15 is 0 Å². The van der Waals surface area contributed by atoms with Crippen LogP contribution in [0.1, 0.15) is 39.0 Å². The van der Waals surface area contributed by atoms with Gasteiger partial charge in [0.15, 0.2) is 0 Å². The van der Waals surface area contributed by atoms with Gasteiger partial charge in [0, 0.05) is 12.3 Å². The lowest BCUT2D eigenvalue weighted by Gasteiger charge is -2.05. The van der Waals surface area contributed by atoms with Gasteiger partial charge in [-0.2, -0.15) is 0 Å². The first-order valence-corrected chi connectivity index (χ1v) is 4.61. The molecule has 0 aromatic rings. The van der Waals surface area contributed by atoms with E-state index in [-0.39, 0.29) is 17.7 Å². The number of hydrogen-bond acceptors (Lipinski definition) is 2. The Labute approximate surface area is 78.7 Å². The molecule has 0 aliphatic carbocycles. The van der Waals surface area contributed by atoms with E-state index in [4.69, 9.17) is 11.5 Å². The van der Waals surface area contributed by atoms with E-state index in [1.54, 1.807) is 0 Å². The van der Waals surface area contributed by atoms with Crippen molar-refractivity contribution in [3.05, 3.63) is 0 Å². The molecule has 13 heavy (non-hydrogen) atoms. The number of primary amides is 2. The molecule has 2 amide bonds. The van der Waals surface area contributed by atoms with Crippen LogP contribution in [0, 0.1) is 5.92 Å². The predicted molar refractivity (Wildman–Crippen MR) is 50.6 cm³/mol. The zero-order chi connectivity index (χ0) is 10.3. The Balaban J connectivity index is 3.26. The number of rotatable bonds is 7. The summed E-state index contributed by atoms with van der Waals surface area (Å²) in [5.74, 6) is -0.577. The molecule has 0 aliphatic rings. The van der Waals surface area contributed by atoms with Gasteiger partial charge in [-0.15, -0.1) is 0 Å². The standard InChI is InChI=1S/C9H18N2O2/c1-7(9(11)13)5-3-2-4-6-8(10)12/h7H,2-6H2,1H3,(H2,10,12)(H2,11,13). The van der Waals surface area contributed by atoms with Crippen LogP contribution in [-0.2, 0) is 9.59 Å². The number of amides is 2. The predicted octanol–water partition coefficient (Wildman–Crippen LogP) is 0.544. The van der Waals surface area contributed by atoms with E-state index in [0.717, 1.165) is 25.7 Å². The van der Waals surface area contributed by atoms with Crippen LogP contribution in [0.3, 0.4) is 0 Å². The van der Waals surface area contributed by atoms with Crippen LogP contribution in [0.2, 0.25) is 0 Å². The van der Waals surface area contributed by atoms with Gasteiger partial charge in [-0.05, 0) is 12.8 Å². The first kappa shape index (κ1) is 11.9. The van der Waals surface area contributed by atoms with E-state index in [2.05, 4.69) is 0 Å². The van der Waals surface area contributed by atoms with Gasteiger partial charge in [-0.3, -0.25) is 9.59 Å². The molecule has 0 saturated carbocycles. The van der Waals surface area contributed by atoms with E-state index in [9.17, 15) is 9.59 Å². The molecule has 0 spiro atoms. The number of carbonyl (C=O) groups excluding carboxylic acids is 2. The highest BCUT2D eigenvalue weighted by molar-refractivity contribution is 5.76. The molecule has 1 unspecified atom stereocenters. The monoisotopic (exact) mass is 186 g/mol. The highest BCUT2D eigenvalue weighted by Gasteiger charge is 2.07. The van der Waals surface area contributed by atoms with Crippen molar-refractivity contribution < 1.29 is 9.59 Å². The minimum absolute atomic E-state index is 0.0615. The third-order valence-corrected chi connectivity index (χ3v) is 2.05. The van der Waals surface area contributed by atoms with Gasteiger partial charge in [0.1, 0.15) is 0 Å². The molecule has 0 heterocycles. The fourth-order valence-corrected chi connectivity index (χ4v) is 1.07. The number of unbranched alkanes of at least 4 members (excludes halogenated alkanes) is 2. The second-order valence-corrected chi connectivity index (χ2v) is 3.37. The lowest BCUT2D eigenvalue weighted by Crippen LogP contribution is -2.20. The molecule has 4 nitrogen and oxygen atoms in total. The maximum absolute atomic E-state index is 10.6. The van der Waals surface area contributed by atoms with Crippen molar-refractivity contribution in [1.82, 2.24) is 0 Å². The van der Waals surface area contributed by atoms with Crippen molar-refractivity contribution in [2.24, 2.45) is 17.4 Å². The Kier molecular flexibility index (Phi) is 5.93. The van der Waals surface area contributed by atoms with Crippen molar-refractivity contribution in [3.63, 3.8) is 0 Å². The largest absolute Gasteiger partial charge is 0.370 e. The summed E-state index contributed by atoms with van der Waals surface area (Å²) in [5, 5.41) is 0. The van der Waals surface area contributed by atoms with Crippen LogP contribution in [0.5, 0.6) is 0 Å². The van der Waals surface area contributed by atoms with Crippen LogP contribution in [-0.4, -0.2) is 11.8 Å². The number of hydrogen-bond donors (Lipinski definition) is 2. The summed E-state index contributed by atoms with van der Waals surface area (Å²) >= 11 is 0. The van der Waals surface area contributed by atoms with Gasteiger partial charge in [0.2, 0.25) is 11.8 Å². The van der Waals surface area contributed by atoms with Crippen molar-refractivity contribution in [1.29, 1.82) is 0 Å². The summed E-state index contributed by atoms with van der Waals surface area (Å²) in [7, 11) is 0. The van der Waals surface area contributed by atoms with Crippen LogP contribution in [0.25, 0.3) is 0 Å². The molecule has 76 valence electrons. The van der Waals surface area contributed by atoms with E-state index in [0.29, 0.717) is 6.42 Å². The summed E-state index contributed by atoms with van der Waals surface area (Å²) in [4.78, 5) is 21.0. The Morgan fingerprint density at radius 1 is 1.15 bits per heavy atom. The molecule has 4 heteroatoms. The lowest BCUT2D eigenvalue weighted by molar-refractivity contribution is -0.121. The van der Waals surface area contributed by atoms with Gasteiger partial charge in [-0.25, -0.2) is 0 Å². The Hall–Kier alpha value is -1.06. The summed E-state index contributed by atoms with van der Waals surface area (Å²) in [5.41, 5.74) is 10.1. The first-order chi connectivity index (χ1) is 6.04. The first-order valence-electron chi connectivity index (χ1n) is 4.61. The molecule has 0 bridgehead atoms. The second kappa shape index (κ2) is 6.46. The van der Waals surface area contributed by atoms with Crippen LogP contribution >= 0.6 is 0 Å². The van der Waals surface area contributed by atoms with Gasteiger partial charge in [0.25, 0.3) is 0 Å². The Morgan fingerprint density at radius 2 is 1.77 bits per heavy atom.